The van der Waals surface area contributed by atoms with Crippen molar-refractivity contribution in [2.24, 2.45) is 0 Å². The van der Waals surface area contributed by atoms with Gasteiger partial charge in [0.15, 0.2) is 6.10 Å². The standard InChI is InChI=1S/C25H32N4O3/c1-19-8-4-5-9-20(19)16-27-12-14-28(15-13-27)24(30)18-29-17-23(25(31)26(2)3)32-22-11-7-6-10-21(22)29/h4-11,23H,12-18H2,1-3H3/t23-/m1/s1. The Morgan fingerprint density at radius 2 is 1.69 bits per heavy atom. The lowest BCUT2D eigenvalue weighted by Gasteiger charge is -2.39. The molecule has 0 spiro atoms. The topological polar surface area (TPSA) is 56.3 Å². The Morgan fingerprint density at radius 1 is 1.00 bits per heavy atom. The molecule has 170 valence electrons. The van der Waals surface area contributed by atoms with Crippen LogP contribution in [0.3, 0.4) is 0 Å². The molecule has 2 amide bonds. The smallest absolute Gasteiger partial charge is 0.265 e. The summed E-state index contributed by atoms with van der Waals surface area (Å²) in [4.78, 5) is 33.5. The van der Waals surface area contributed by atoms with Gasteiger partial charge in [0.2, 0.25) is 5.91 Å². The summed E-state index contributed by atoms with van der Waals surface area (Å²) in [5.74, 6) is 0.643. The van der Waals surface area contributed by atoms with Gasteiger partial charge < -0.3 is 19.4 Å². The second kappa shape index (κ2) is 9.61. The molecule has 32 heavy (non-hydrogen) atoms. The number of piperazine rings is 1. The van der Waals surface area contributed by atoms with E-state index in [1.807, 2.05) is 34.1 Å². The predicted octanol–water partition coefficient (Wildman–Crippen LogP) is 2.00. The number of rotatable bonds is 5. The number of ether oxygens (including phenoxy) is 1. The summed E-state index contributed by atoms with van der Waals surface area (Å²) in [6.07, 6.45) is -0.612. The predicted molar refractivity (Wildman–Crippen MR) is 125 cm³/mol. The van der Waals surface area contributed by atoms with Crippen molar-refractivity contribution < 1.29 is 14.3 Å². The Hall–Kier alpha value is -3.06. The van der Waals surface area contributed by atoms with E-state index in [2.05, 4.69) is 36.1 Å². The van der Waals surface area contributed by atoms with Crippen molar-refractivity contribution in [3.05, 3.63) is 59.7 Å². The van der Waals surface area contributed by atoms with Gasteiger partial charge in [-0.3, -0.25) is 14.5 Å². The van der Waals surface area contributed by atoms with Crippen molar-refractivity contribution in [2.45, 2.75) is 19.6 Å². The minimum Gasteiger partial charge on any atom is -0.477 e. The summed E-state index contributed by atoms with van der Waals surface area (Å²) in [5.41, 5.74) is 3.51. The van der Waals surface area contributed by atoms with Crippen molar-refractivity contribution in [3.8, 4) is 5.75 Å². The molecule has 2 heterocycles. The average Bonchev–Trinajstić information content (AvgIpc) is 2.80. The van der Waals surface area contributed by atoms with Crippen LogP contribution in [0.1, 0.15) is 11.1 Å². The fourth-order valence-corrected chi connectivity index (χ4v) is 4.32. The first-order valence-electron chi connectivity index (χ1n) is 11.2. The van der Waals surface area contributed by atoms with E-state index in [0.29, 0.717) is 12.3 Å². The van der Waals surface area contributed by atoms with E-state index in [-0.39, 0.29) is 18.4 Å². The Bertz CT molecular complexity index is 969. The van der Waals surface area contributed by atoms with Crippen LogP contribution < -0.4 is 9.64 Å². The summed E-state index contributed by atoms with van der Waals surface area (Å²) in [6.45, 7) is 6.84. The highest BCUT2D eigenvalue weighted by Gasteiger charge is 2.33. The molecule has 4 rings (SSSR count). The summed E-state index contributed by atoms with van der Waals surface area (Å²) < 4.78 is 5.93. The van der Waals surface area contributed by atoms with Crippen molar-refractivity contribution in [1.29, 1.82) is 0 Å². The monoisotopic (exact) mass is 436 g/mol. The van der Waals surface area contributed by atoms with Crippen LogP contribution in [-0.2, 0) is 16.1 Å². The van der Waals surface area contributed by atoms with E-state index in [1.165, 1.54) is 16.0 Å². The molecule has 0 unspecified atom stereocenters. The lowest BCUT2D eigenvalue weighted by atomic mass is 10.1. The molecule has 7 heteroatoms. The van der Waals surface area contributed by atoms with Crippen LogP contribution in [0.4, 0.5) is 5.69 Å². The van der Waals surface area contributed by atoms with E-state index >= 15 is 0 Å². The van der Waals surface area contributed by atoms with Gasteiger partial charge in [0.1, 0.15) is 5.75 Å². The molecule has 2 aromatic carbocycles. The second-order valence-corrected chi connectivity index (χ2v) is 8.77. The minimum absolute atomic E-state index is 0.0910. The number of aryl methyl sites for hydroxylation is 1. The third-order valence-electron chi connectivity index (χ3n) is 6.28. The highest BCUT2D eigenvalue weighted by atomic mass is 16.5. The first-order chi connectivity index (χ1) is 15.4. The zero-order valence-corrected chi connectivity index (χ0v) is 19.2. The second-order valence-electron chi connectivity index (χ2n) is 8.77. The van der Waals surface area contributed by atoms with Gasteiger partial charge in [-0.2, -0.15) is 0 Å². The van der Waals surface area contributed by atoms with Crippen molar-refractivity contribution in [2.75, 3.05) is 58.3 Å². The van der Waals surface area contributed by atoms with Crippen LogP contribution in [0.2, 0.25) is 0 Å². The zero-order chi connectivity index (χ0) is 22.7. The lowest BCUT2D eigenvalue weighted by Crippen LogP contribution is -2.54. The lowest BCUT2D eigenvalue weighted by molar-refractivity contribution is -0.136. The molecule has 0 radical (unpaired) electrons. The Balaban J connectivity index is 1.37. The number of carbonyl (C=O) groups is 2. The molecule has 0 bridgehead atoms. The van der Waals surface area contributed by atoms with Crippen molar-refractivity contribution in [1.82, 2.24) is 14.7 Å². The van der Waals surface area contributed by atoms with E-state index in [0.717, 1.165) is 38.4 Å². The number of likely N-dealkylation sites (N-methyl/N-ethyl adjacent to an activating group) is 1. The number of nitrogens with zero attached hydrogens (tertiary/aromatic N) is 4. The van der Waals surface area contributed by atoms with E-state index in [9.17, 15) is 9.59 Å². The highest BCUT2D eigenvalue weighted by Crippen LogP contribution is 2.33. The summed E-state index contributed by atoms with van der Waals surface area (Å²) >= 11 is 0. The van der Waals surface area contributed by atoms with Crippen LogP contribution in [0, 0.1) is 6.92 Å². The molecule has 7 nitrogen and oxygen atoms in total. The third kappa shape index (κ3) is 4.88. The number of hydrogen-bond acceptors (Lipinski definition) is 5. The molecule has 1 saturated heterocycles. The molecular formula is C25H32N4O3. The molecule has 1 atom stereocenters. The molecule has 1 fully saturated rings. The van der Waals surface area contributed by atoms with Crippen LogP contribution in [0.25, 0.3) is 0 Å². The van der Waals surface area contributed by atoms with Gasteiger partial charge >= 0.3 is 0 Å². The Labute approximate surface area is 190 Å². The number of benzene rings is 2. The molecule has 2 aliphatic heterocycles. The number of carbonyl (C=O) groups excluding carboxylic acids is 2. The maximum atomic E-state index is 13.1. The van der Waals surface area contributed by atoms with Crippen molar-refractivity contribution >= 4 is 17.5 Å². The SMILES string of the molecule is Cc1ccccc1CN1CCN(C(=O)CN2C[C@H](C(=O)N(C)C)Oc3ccccc32)CC1. The van der Waals surface area contributed by atoms with Gasteiger partial charge in [0.25, 0.3) is 5.91 Å². The third-order valence-corrected chi connectivity index (χ3v) is 6.28. The summed E-state index contributed by atoms with van der Waals surface area (Å²) in [6, 6.07) is 16.1. The first kappa shape index (κ1) is 22.1. The molecule has 0 aliphatic carbocycles. The molecule has 0 N–H and O–H groups in total. The molecule has 2 aliphatic rings. The normalized spacial score (nSPS) is 18.7. The largest absolute Gasteiger partial charge is 0.477 e. The molecular weight excluding hydrogens is 404 g/mol. The van der Waals surface area contributed by atoms with Crippen LogP contribution >= 0.6 is 0 Å². The van der Waals surface area contributed by atoms with Gasteiger partial charge in [0, 0.05) is 46.8 Å². The number of hydrogen-bond donors (Lipinski definition) is 0. The number of para-hydroxylation sites is 2. The molecule has 0 aromatic heterocycles. The van der Waals surface area contributed by atoms with Crippen LogP contribution in [-0.4, -0.2) is 86.0 Å². The van der Waals surface area contributed by atoms with Gasteiger partial charge in [-0.1, -0.05) is 36.4 Å². The summed E-state index contributed by atoms with van der Waals surface area (Å²) in [7, 11) is 3.44. The quantitative estimate of drug-likeness (QED) is 0.718. The fourth-order valence-electron chi connectivity index (χ4n) is 4.32. The number of anilines is 1. The van der Waals surface area contributed by atoms with Crippen LogP contribution in [0.15, 0.2) is 48.5 Å². The number of fused-ring (bicyclic) bond motifs is 1. The number of amides is 2. The highest BCUT2D eigenvalue weighted by molar-refractivity contribution is 5.86. The maximum Gasteiger partial charge on any atom is 0.265 e. The molecule has 2 aromatic rings. The zero-order valence-electron chi connectivity index (χ0n) is 19.2. The Morgan fingerprint density at radius 3 is 2.41 bits per heavy atom. The van der Waals surface area contributed by atoms with Crippen molar-refractivity contribution in [3.63, 3.8) is 0 Å². The minimum atomic E-state index is -0.612. The average molecular weight is 437 g/mol. The van der Waals surface area contributed by atoms with E-state index in [1.54, 1.807) is 14.1 Å². The maximum absolute atomic E-state index is 13.1. The molecule has 0 saturated carbocycles. The first-order valence-corrected chi connectivity index (χ1v) is 11.2. The van der Waals surface area contributed by atoms with E-state index < -0.39 is 6.10 Å². The summed E-state index contributed by atoms with van der Waals surface area (Å²) in [5, 5.41) is 0. The van der Waals surface area contributed by atoms with E-state index in [4.69, 9.17) is 4.74 Å². The van der Waals surface area contributed by atoms with Gasteiger partial charge in [-0.25, -0.2) is 0 Å². The van der Waals surface area contributed by atoms with Crippen LogP contribution in [0.5, 0.6) is 5.75 Å². The van der Waals surface area contributed by atoms with Gasteiger partial charge in [-0.05, 0) is 30.2 Å². The Kier molecular flexibility index (Phi) is 6.65. The fraction of sp³-hybridized carbons (Fsp3) is 0.440. The van der Waals surface area contributed by atoms with Gasteiger partial charge in [0.05, 0.1) is 18.8 Å². The van der Waals surface area contributed by atoms with Gasteiger partial charge in [-0.15, -0.1) is 0 Å².